The van der Waals surface area contributed by atoms with Gasteiger partial charge in [0, 0.05) is 31.1 Å². The maximum Gasteiger partial charge on any atom is 0.251 e. The fraction of sp³-hybridized carbons (Fsp3) is 0.348. The summed E-state index contributed by atoms with van der Waals surface area (Å²) in [6.07, 6.45) is 1.26. The van der Waals surface area contributed by atoms with Gasteiger partial charge in [-0.05, 0) is 37.5 Å². The van der Waals surface area contributed by atoms with Crippen LogP contribution in [0.15, 0.2) is 60.7 Å². The predicted octanol–water partition coefficient (Wildman–Crippen LogP) is 2.36. The van der Waals surface area contributed by atoms with Gasteiger partial charge >= 0.3 is 0 Å². The van der Waals surface area contributed by atoms with Crippen molar-refractivity contribution < 1.29 is 14.4 Å². The number of carbonyl (C=O) groups is 3. The van der Waals surface area contributed by atoms with E-state index in [9.17, 15) is 14.4 Å². The van der Waals surface area contributed by atoms with E-state index in [0.717, 1.165) is 5.56 Å². The molecule has 1 heterocycles. The van der Waals surface area contributed by atoms with E-state index in [1.54, 1.807) is 36.1 Å². The van der Waals surface area contributed by atoms with Gasteiger partial charge < -0.3 is 15.5 Å². The lowest BCUT2D eigenvalue weighted by Crippen LogP contribution is -2.50. The highest BCUT2D eigenvalue weighted by molar-refractivity contribution is 5.97. The summed E-state index contributed by atoms with van der Waals surface area (Å²) in [5.41, 5.74) is 1.59. The Bertz CT molecular complexity index is 831. The van der Waals surface area contributed by atoms with Crippen LogP contribution in [0.3, 0.4) is 0 Å². The summed E-state index contributed by atoms with van der Waals surface area (Å²) in [6, 6.07) is 18.0. The van der Waals surface area contributed by atoms with Crippen LogP contribution in [0.1, 0.15) is 35.7 Å². The Morgan fingerprint density at radius 3 is 2.17 bits per heavy atom. The fourth-order valence-corrected chi connectivity index (χ4v) is 3.50. The first-order valence-corrected chi connectivity index (χ1v) is 10.0. The highest BCUT2D eigenvalue weighted by Gasteiger charge is 2.29. The minimum absolute atomic E-state index is 0.0337. The van der Waals surface area contributed by atoms with Gasteiger partial charge in [-0.15, -0.1) is 0 Å². The molecule has 29 heavy (non-hydrogen) atoms. The molecule has 0 spiro atoms. The molecule has 2 aromatic rings. The zero-order valence-electron chi connectivity index (χ0n) is 16.6. The molecule has 3 amide bonds. The molecule has 2 N–H and O–H groups in total. The first kappa shape index (κ1) is 20.6. The van der Waals surface area contributed by atoms with Gasteiger partial charge in [0.15, 0.2) is 0 Å². The molecule has 0 aliphatic carbocycles. The van der Waals surface area contributed by atoms with Gasteiger partial charge in [-0.25, -0.2) is 0 Å². The molecule has 0 unspecified atom stereocenters. The van der Waals surface area contributed by atoms with E-state index in [1.165, 1.54) is 0 Å². The van der Waals surface area contributed by atoms with E-state index in [-0.39, 0.29) is 23.6 Å². The van der Waals surface area contributed by atoms with Gasteiger partial charge in [-0.3, -0.25) is 14.4 Å². The molecule has 6 nitrogen and oxygen atoms in total. The number of hydrogen-bond donors (Lipinski definition) is 2. The van der Waals surface area contributed by atoms with E-state index in [1.807, 2.05) is 36.4 Å². The lowest BCUT2D eigenvalue weighted by Gasteiger charge is -2.33. The maximum atomic E-state index is 12.7. The lowest BCUT2D eigenvalue weighted by molar-refractivity contribution is -0.136. The van der Waals surface area contributed by atoms with Crippen molar-refractivity contribution in [1.82, 2.24) is 15.5 Å². The van der Waals surface area contributed by atoms with Crippen LogP contribution in [0.4, 0.5) is 0 Å². The van der Waals surface area contributed by atoms with Crippen LogP contribution in [0.5, 0.6) is 0 Å². The molecule has 0 aromatic heterocycles. The van der Waals surface area contributed by atoms with Crippen LogP contribution < -0.4 is 10.6 Å². The maximum absolute atomic E-state index is 12.7. The van der Waals surface area contributed by atoms with E-state index in [4.69, 9.17) is 0 Å². The average molecular weight is 393 g/mol. The Labute approximate surface area is 171 Å². The largest absolute Gasteiger partial charge is 0.352 e. The summed E-state index contributed by atoms with van der Waals surface area (Å²) in [7, 11) is 0. The monoisotopic (exact) mass is 393 g/mol. The molecule has 0 bridgehead atoms. The molecule has 1 aliphatic rings. The van der Waals surface area contributed by atoms with Gasteiger partial charge in [-0.1, -0.05) is 48.5 Å². The minimum atomic E-state index is -0.605. The lowest BCUT2D eigenvalue weighted by atomic mass is 9.95. The number of carbonyl (C=O) groups excluding carboxylic acids is 3. The Hall–Kier alpha value is -3.15. The Morgan fingerprint density at radius 1 is 0.966 bits per heavy atom. The summed E-state index contributed by atoms with van der Waals surface area (Å²) in [5, 5.41) is 5.74. The number of hydrogen-bond acceptors (Lipinski definition) is 3. The second-order valence-corrected chi connectivity index (χ2v) is 7.36. The molecule has 1 fully saturated rings. The summed E-state index contributed by atoms with van der Waals surface area (Å²) < 4.78 is 0. The molecular weight excluding hydrogens is 366 g/mol. The molecule has 2 aromatic carbocycles. The Balaban J connectivity index is 1.43. The van der Waals surface area contributed by atoms with Gasteiger partial charge in [0.05, 0.1) is 0 Å². The third kappa shape index (κ3) is 5.67. The van der Waals surface area contributed by atoms with Crippen molar-refractivity contribution in [3.05, 3.63) is 71.8 Å². The molecular formula is C23H27N3O3. The van der Waals surface area contributed by atoms with E-state index >= 15 is 0 Å². The molecule has 3 rings (SSSR count). The summed E-state index contributed by atoms with van der Waals surface area (Å²) >= 11 is 0. The minimum Gasteiger partial charge on any atom is -0.352 e. The normalized spacial score (nSPS) is 15.4. The van der Waals surface area contributed by atoms with Crippen molar-refractivity contribution in [2.45, 2.75) is 32.4 Å². The van der Waals surface area contributed by atoms with Crippen molar-refractivity contribution in [3.63, 3.8) is 0 Å². The van der Waals surface area contributed by atoms with Crippen molar-refractivity contribution >= 4 is 17.7 Å². The molecule has 1 atom stereocenters. The molecule has 1 saturated heterocycles. The van der Waals surface area contributed by atoms with E-state index in [2.05, 4.69) is 10.6 Å². The quantitative estimate of drug-likeness (QED) is 0.791. The van der Waals surface area contributed by atoms with Crippen LogP contribution in [-0.2, 0) is 16.1 Å². The number of nitrogens with zero attached hydrogens (tertiary/aromatic N) is 1. The molecule has 1 aliphatic heterocycles. The number of nitrogens with one attached hydrogen (secondary N) is 2. The van der Waals surface area contributed by atoms with Crippen LogP contribution in [0.2, 0.25) is 0 Å². The van der Waals surface area contributed by atoms with Gasteiger partial charge in [0.1, 0.15) is 6.04 Å². The first-order chi connectivity index (χ1) is 14.0. The predicted molar refractivity (Wildman–Crippen MR) is 111 cm³/mol. The van der Waals surface area contributed by atoms with Crippen molar-refractivity contribution in [3.8, 4) is 0 Å². The SMILES string of the molecule is C[C@H](NC(=O)c1ccccc1)C(=O)N1CCC(C(=O)NCc2ccccc2)CC1. The Morgan fingerprint density at radius 2 is 1.55 bits per heavy atom. The first-order valence-electron chi connectivity index (χ1n) is 10.0. The summed E-state index contributed by atoms with van der Waals surface area (Å²) in [5.74, 6) is -0.428. The third-order valence-electron chi connectivity index (χ3n) is 5.24. The second kappa shape index (κ2) is 9.87. The third-order valence-corrected chi connectivity index (χ3v) is 5.24. The standard InChI is InChI=1S/C23H27N3O3/c1-17(25-22(28)19-10-6-3-7-11-19)23(29)26-14-12-20(13-15-26)21(27)24-16-18-8-4-2-5-9-18/h2-11,17,20H,12-16H2,1H3,(H,24,27)(H,25,28)/t17-/m0/s1. The van der Waals surface area contributed by atoms with Gasteiger partial charge in [0.25, 0.3) is 5.91 Å². The number of piperidine rings is 1. The number of amides is 3. The molecule has 0 saturated carbocycles. The topological polar surface area (TPSA) is 78.5 Å². The highest BCUT2D eigenvalue weighted by atomic mass is 16.2. The van der Waals surface area contributed by atoms with Crippen molar-refractivity contribution in [2.75, 3.05) is 13.1 Å². The molecule has 6 heteroatoms. The smallest absolute Gasteiger partial charge is 0.251 e. The van der Waals surface area contributed by atoms with Crippen LogP contribution >= 0.6 is 0 Å². The number of rotatable bonds is 6. The fourth-order valence-electron chi connectivity index (χ4n) is 3.50. The van der Waals surface area contributed by atoms with E-state index < -0.39 is 6.04 Å². The Kier molecular flexibility index (Phi) is 7.00. The zero-order valence-corrected chi connectivity index (χ0v) is 16.6. The second-order valence-electron chi connectivity index (χ2n) is 7.36. The van der Waals surface area contributed by atoms with Crippen LogP contribution in [0, 0.1) is 5.92 Å². The highest BCUT2D eigenvalue weighted by Crippen LogP contribution is 2.18. The van der Waals surface area contributed by atoms with Crippen molar-refractivity contribution in [1.29, 1.82) is 0 Å². The number of benzene rings is 2. The van der Waals surface area contributed by atoms with Crippen LogP contribution in [-0.4, -0.2) is 41.8 Å². The molecule has 0 radical (unpaired) electrons. The van der Waals surface area contributed by atoms with E-state index in [0.29, 0.717) is 38.0 Å². The zero-order chi connectivity index (χ0) is 20.6. The van der Waals surface area contributed by atoms with Crippen molar-refractivity contribution in [2.24, 2.45) is 5.92 Å². The average Bonchev–Trinajstić information content (AvgIpc) is 2.78. The van der Waals surface area contributed by atoms with Gasteiger partial charge in [0.2, 0.25) is 11.8 Å². The summed E-state index contributed by atoms with van der Waals surface area (Å²) in [6.45, 7) is 3.25. The summed E-state index contributed by atoms with van der Waals surface area (Å²) in [4.78, 5) is 39.0. The number of likely N-dealkylation sites (tertiary alicyclic amines) is 1. The van der Waals surface area contributed by atoms with Crippen LogP contribution in [0.25, 0.3) is 0 Å². The van der Waals surface area contributed by atoms with Gasteiger partial charge in [-0.2, -0.15) is 0 Å². The molecule has 152 valence electrons.